The van der Waals surface area contributed by atoms with Crippen LogP contribution in [0.5, 0.6) is 0 Å². The second-order valence-corrected chi connectivity index (χ2v) is 6.19. The molecule has 0 aliphatic carbocycles. The Morgan fingerprint density at radius 2 is 1.81 bits per heavy atom. The van der Waals surface area contributed by atoms with E-state index in [4.69, 9.17) is 11.6 Å². The highest BCUT2D eigenvalue weighted by molar-refractivity contribution is 6.34. The molecule has 0 atom stereocenters. The van der Waals surface area contributed by atoms with Crippen molar-refractivity contribution in [2.45, 2.75) is 12.7 Å². The first-order chi connectivity index (χ1) is 12.8. The molecule has 4 nitrogen and oxygen atoms in total. The first-order valence-corrected chi connectivity index (χ1v) is 8.38. The first kappa shape index (κ1) is 19.0. The summed E-state index contributed by atoms with van der Waals surface area (Å²) >= 11 is 6.04. The Bertz CT molecular complexity index is 1020. The summed E-state index contributed by atoms with van der Waals surface area (Å²) in [6.45, 7) is 0.310. The number of halogens is 4. The van der Waals surface area contributed by atoms with E-state index in [0.717, 1.165) is 11.6 Å². The Morgan fingerprint density at radius 1 is 1.11 bits per heavy atom. The van der Waals surface area contributed by atoms with Crippen molar-refractivity contribution in [3.63, 3.8) is 0 Å². The second kappa shape index (κ2) is 7.44. The molecule has 0 aliphatic rings. The maximum Gasteiger partial charge on any atom is 0.417 e. The third kappa shape index (κ3) is 3.98. The van der Waals surface area contributed by atoms with Crippen molar-refractivity contribution < 1.29 is 13.2 Å². The molecule has 1 heterocycles. The molecule has 1 aromatic heterocycles. The number of benzene rings is 2. The maximum absolute atomic E-state index is 13.2. The van der Waals surface area contributed by atoms with Crippen LogP contribution in [-0.4, -0.2) is 16.6 Å². The molecular weight excluding hydrogens is 379 g/mol. The molecule has 140 valence electrons. The average molecular weight is 394 g/mol. The standard InChI is InChI=1S/C19H15ClF3N3O/c1-24-15-11-26(10-12-6-3-2-4-7-12)17(25-18(15)27)13-8-5-9-14(16(13)20)19(21,22)23/h2-9,11,24H,10H2,1H3. The molecule has 2 aromatic carbocycles. The highest BCUT2D eigenvalue weighted by Gasteiger charge is 2.34. The van der Waals surface area contributed by atoms with E-state index in [-0.39, 0.29) is 17.1 Å². The molecule has 8 heteroatoms. The Hall–Kier alpha value is -2.80. The predicted molar refractivity (Wildman–Crippen MR) is 99.0 cm³/mol. The summed E-state index contributed by atoms with van der Waals surface area (Å²) in [5.41, 5.74) is -0.375. The minimum Gasteiger partial charge on any atom is -0.382 e. The van der Waals surface area contributed by atoms with Gasteiger partial charge in [-0.05, 0) is 17.7 Å². The van der Waals surface area contributed by atoms with E-state index in [1.54, 1.807) is 11.6 Å². The van der Waals surface area contributed by atoms with Crippen LogP contribution in [0, 0.1) is 0 Å². The van der Waals surface area contributed by atoms with E-state index in [0.29, 0.717) is 6.54 Å². The molecule has 0 unspecified atom stereocenters. The minimum absolute atomic E-state index is 0.0437. The summed E-state index contributed by atoms with van der Waals surface area (Å²) in [6, 6.07) is 12.9. The van der Waals surface area contributed by atoms with Crippen LogP contribution in [-0.2, 0) is 12.7 Å². The zero-order chi connectivity index (χ0) is 19.6. The first-order valence-electron chi connectivity index (χ1n) is 8.00. The van der Waals surface area contributed by atoms with Crippen molar-refractivity contribution in [2.75, 3.05) is 12.4 Å². The zero-order valence-corrected chi connectivity index (χ0v) is 15.0. The molecule has 0 saturated heterocycles. The number of nitrogens with one attached hydrogen (secondary N) is 1. The lowest BCUT2D eigenvalue weighted by atomic mass is 10.1. The molecule has 0 amide bonds. The van der Waals surface area contributed by atoms with Crippen molar-refractivity contribution in [2.24, 2.45) is 0 Å². The maximum atomic E-state index is 13.2. The number of rotatable bonds is 4. The summed E-state index contributed by atoms with van der Waals surface area (Å²) in [6.07, 6.45) is -3.09. The normalized spacial score (nSPS) is 11.4. The molecule has 0 fully saturated rings. The number of hydrogen-bond donors (Lipinski definition) is 1. The Labute approximate surface area is 158 Å². The quantitative estimate of drug-likeness (QED) is 0.700. The minimum atomic E-state index is -4.61. The Balaban J connectivity index is 2.21. The van der Waals surface area contributed by atoms with Crippen molar-refractivity contribution in [1.29, 1.82) is 0 Å². The second-order valence-electron chi connectivity index (χ2n) is 5.81. The van der Waals surface area contributed by atoms with Crippen LogP contribution in [0.3, 0.4) is 0 Å². The van der Waals surface area contributed by atoms with Crippen molar-refractivity contribution >= 4 is 17.3 Å². The molecule has 0 radical (unpaired) electrons. The van der Waals surface area contributed by atoms with E-state index in [1.165, 1.54) is 18.3 Å². The van der Waals surface area contributed by atoms with E-state index >= 15 is 0 Å². The van der Waals surface area contributed by atoms with Crippen molar-refractivity contribution in [3.8, 4) is 11.4 Å². The number of aromatic nitrogens is 2. The van der Waals surface area contributed by atoms with E-state index in [9.17, 15) is 18.0 Å². The average Bonchev–Trinajstić information content (AvgIpc) is 2.63. The lowest BCUT2D eigenvalue weighted by Gasteiger charge is -2.17. The Morgan fingerprint density at radius 3 is 2.44 bits per heavy atom. The van der Waals surface area contributed by atoms with Gasteiger partial charge in [0.15, 0.2) is 0 Å². The molecular formula is C19H15ClF3N3O. The largest absolute Gasteiger partial charge is 0.417 e. The molecule has 3 aromatic rings. The van der Waals surface area contributed by atoms with E-state index < -0.39 is 22.3 Å². The van der Waals surface area contributed by atoms with Crippen LogP contribution in [0.4, 0.5) is 18.9 Å². The third-order valence-electron chi connectivity index (χ3n) is 4.00. The van der Waals surface area contributed by atoms with E-state index in [1.807, 2.05) is 30.3 Å². The van der Waals surface area contributed by atoms with Crippen LogP contribution in [0.2, 0.25) is 5.02 Å². The monoisotopic (exact) mass is 393 g/mol. The molecule has 0 bridgehead atoms. The topological polar surface area (TPSA) is 46.9 Å². The summed E-state index contributed by atoms with van der Waals surface area (Å²) in [4.78, 5) is 16.2. The fraction of sp³-hybridized carbons (Fsp3) is 0.158. The fourth-order valence-electron chi connectivity index (χ4n) is 2.70. The fourth-order valence-corrected chi connectivity index (χ4v) is 3.02. The van der Waals surface area contributed by atoms with Gasteiger partial charge in [-0.3, -0.25) is 4.79 Å². The highest BCUT2D eigenvalue weighted by Crippen LogP contribution is 2.39. The molecule has 0 spiro atoms. The van der Waals surface area contributed by atoms with Crippen LogP contribution in [0.1, 0.15) is 11.1 Å². The van der Waals surface area contributed by atoms with Gasteiger partial charge in [-0.25, -0.2) is 0 Å². The van der Waals surface area contributed by atoms with Gasteiger partial charge in [0.05, 0.1) is 10.6 Å². The van der Waals surface area contributed by atoms with Crippen molar-refractivity contribution in [3.05, 3.63) is 81.2 Å². The van der Waals surface area contributed by atoms with E-state index in [2.05, 4.69) is 10.3 Å². The number of alkyl halides is 3. The summed E-state index contributed by atoms with van der Waals surface area (Å²) in [5, 5.41) is 2.25. The van der Waals surface area contributed by atoms with Crippen LogP contribution < -0.4 is 10.9 Å². The summed E-state index contributed by atoms with van der Waals surface area (Å²) < 4.78 is 41.2. The van der Waals surface area contributed by atoms with Crippen LogP contribution >= 0.6 is 11.6 Å². The number of nitrogens with zero attached hydrogens (tertiary/aromatic N) is 2. The van der Waals surface area contributed by atoms with Gasteiger partial charge in [-0.1, -0.05) is 48.0 Å². The molecule has 0 aliphatic heterocycles. The van der Waals surface area contributed by atoms with Gasteiger partial charge in [0.25, 0.3) is 5.56 Å². The smallest absolute Gasteiger partial charge is 0.382 e. The molecule has 0 saturated carbocycles. The zero-order valence-electron chi connectivity index (χ0n) is 14.2. The lowest BCUT2D eigenvalue weighted by Crippen LogP contribution is -2.19. The molecule has 3 rings (SSSR count). The third-order valence-corrected chi connectivity index (χ3v) is 4.41. The van der Waals surface area contributed by atoms with Crippen LogP contribution in [0.25, 0.3) is 11.4 Å². The predicted octanol–water partition coefficient (Wildman–Crippen LogP) is 4.67. The van der Waals surface area contributed by atoms with Crippen LogP contribution in [0.15, 0.2) is 59.5 Å². The van der Waals surface area contributed by atoms with Gasteiger partial charge in [-0.15, -0.1) is 0 Å². The lowest BCUT2D eigenvalue weighted by molar-refractivity contribution is -0.137. The number of anilines is 1. The van der Waals surface area contributed by atoms with Gasteiger partial charge < -0.3 is 9.88 Å². The van der Waals surface area contributed by atoms with Gasteiger partial charge in [0.1, 0.15) is 11.5 Å². The highest BCUT2D eigenvalue weighted by atomic mass is 35.5. The van der Waals surface area contributed by atoms with Gasteiger partial charge >= 0.3 is 6.18 Å². The van der Waals surface area contributed by atoms with Gasteiger partial charge in [-0.2, -0.15) is 18.2 Å². The molecule has 1 N–H and O–H groups in total. The summed E-state index contributed by atoms with van der Waals surface area (Å²) in [7, 11) is 1.57. The SMILES string of the molecule is CNc1cn(Cc2ccccc2)c(-c2cccc(C(F)(F)F)c2Cl)nc1=O. The number of hydrogen-bond acceptors (Lipinski definition) is 3. The summed E-state index contributed by atoms with van der Waals surface area (Å²) in [5.74, 6) is 0.0685. The van der Waals surface area contributed by atoms with Gasteiger partial charge in [0.2, 0.25) is 0 Å². The Kier molecular flexibility index (Phi) is 5.23. The van der Waals surface area contributed by atoms with Crippen molar-refractivity contribution in [1.82, 2.24) is 9.55 Å². The van der Waals surface area contributed by atoms with Gasteiger partial charge in [0, 0.05) is 25.4 Å². The molecule has 27 heavy (non-hydrogen) atoms.